The maximum absolute atomic E-state index is 12.0. The zero-order valence-electron chi connectivity index (χ0n) is 10.6. The molecule has 2 N–H and O–H groups in total. The summed E-state index contributed by atoms with van der Waals surface area (Å²) in [6.45, 7) is 2.12. The highest BCUT2D eigenvalue weighted by Crippen LogP contribution is 2.40. The number of hydrogen-bond donors (Lipinski definition) is 1. The molecule has 0 unspecified atom stereocenters. The van der Waals surface area contributed by atoms with Crippen molar-refractivity contribution < 1.29 is 8.42 Å². The average molecular weight is 322 g/mol. The second-order valence-electron chi connectivity index (χ2n) is 4.39. The fourth-order valence-electron chi connectivity index (χ4n) is 1.93. The van der Waals surface area contributed by atoms with E-state index in [1.165, 1.54) is 5.01 Å². The van der Waals surface area contributed by atoms with Crippen molar-refractivity contribution in [2.45, 2.75) is 43.2 Å². The highest BCUT2D eigenvalue weighted by atomic mass is 35.5. The molecular weight excluding hydrogens is 306 g/mol. The van der Waals surface area contributed by atoms with Gasteiger partial charge in [0.1, 0.15) is 5.84 Å². The summed E-state index contributed by atoms with van der Waals surface area (Å²) in [5, 5.41) is 1.34. The van der Waals surface area contributed by atoms with Gasteiger partial charge < -0.3 is 0 Å². The molecule has 106 valence electrons. The molecule has 2 heterocycles. The fourth-order valence-corrected chi connectivity index (χ4v) is 4.77. The first-order valence-corrected chi connectivity index (χ1v) is 8.77. The summed E-state index contributed by atoms with van der Waals surface area (Å²) in [6, 6.07) is 1.57. The van der Waals surface area contributed by atoms with E-state index in [0.717, 1.165) is 37.0 Å². The Bertz CT molecular complexity index is 595. The van der Waals surface area contributed by atoms with E-state index in [-0.39, 0.29) is 4.21 Å². The summed E-state index contributed by atoms with van der Waals surface area (Å²) < 4.78 is 28.3. The molecule has 0 fully saturated rings. The number of nitrogens with zero attached hydrogens (tertiary/aromatic N) is 2. The third-order valence-electron chi connectivity index (χ3n) is 2.90. The van der Waals surface area contributed by atoms with Crippen molar-refractivity contribution in [2.24, 2.45) is 10.2 Å². The number of sulfonamides is 1. The van der Waals surface area contributed by atoms with Crippen LogP contribution in [0.1, 0.15) is 39.0 Å². The van der Waals surface area contributed by atoms with Crippen LogP contribution in [0.15, 0.2) is 14.7 Å². The molecule has 0 aliphatic carbocycles. The van der Waals surface area contributed by atoms with Gasteiger partial charge >= 0.3 is 0 Å². The van der Waals surface area contributed by atoms with Crippen LogP contribution in [0.25, 0.3) is 0 Å². The van der Waals surface area contributed by atoms with Gasteiger partial charge in [-0.25, -0.2) is 5.84 Å². The Labute approximate surface area is 122 Å². The van der Waals surface area contributed by atoms with Crippen LogP contribution in [0.5, 0.6) is 0 Å². The van der Waals surface area contributed by atoms with Gasteiger partial charge in [-0.05, 0) is 12.5 Å². The molecular formula is C11H16ClN3O2S2. The molecule has 0 saturated heterocycles. The average Bonchev–Trinajstić information content (AvgIpc) is 2.74. The van der Waals surface area contributed by atoms with Crippen molar-refractivity contribution in [3.63, 3.8) is 0 Å². The van der Waals surface area contributed by atoms with E-state index < -0.39 is 10.0 Å². The Kier molecular flexibility index (Phi) is 4.50. The zero-order chi connectivity index (χ0) is 14.0. The predicted molar refractivity (Wildman–Crippen MR) is 79.4 cm³/mol. The summed E-state index contributed by atoms with van der Waals surface area (Å²) in [5.41, 5.74) is 0.426. The normalized spacial score (nSPS) is 17.2. The molecule has 0 bridgehead atoms. The zero-order valence-corrected chi connectivity index (χ0v) is 13.0. The van der Waals surface area contributed by atoms with E-state index in [4.69, 9.17) is 17.4 Å². The molecule has 0 atom stereocenters. The minimum absolute atomic E-state index is 0.123. The first-order valence-electron chi connectivity index (χ1n) is 6.13. The lowest BCUT2D eigenvalue weighted by Crippen LogP contribution is -2.40. The van der Waals surface area contributed by atoms with Crippen molar-refractivity contribution in [3.8, 4) is 0 Å². The molecule has 1 aliphatic rings. The van der Waals surface area contributed by atoms with Gasteiger partial charge in [0.05, 0.1) is 10.0 Å². The van der Waals surface area contributed by atoms with Crippen LogP contribution in [0, 0.1) is 0 Å². The standard InChI is InChI=1S/C11H16ClN3O2S2/c1-2-3-4-5-6-10-14-19(16,17)11-8(15(10)13)7-9(12)18-11/h7H,2-6,13H2,1H3. The maximum Gasteiger partial charge on any atom is 0.295 e. The monoisotopic (exact) mass is 321 g/mol. The number of rotatable bonds is 5. The quantitative estimate of drug-likeness (QED) is 0.667. The van der Waals surface area contributed by atoms with Crippen molar-refractivity contribution >= 4 is 44.5 Å². The van der Waals surface area contributed by atoms with Crippen LogP contribution in [0.3, 0.4) is 0 Å². The number of anilines is 1. The van der Waals surface area contributed by atoms with Gasteiger partial charge in [0, 0.05) is 6.42 Å². The first kappa shape index (κ1) is 14.8. The number of amidine groups is 1. The van der Waals surface area contributed by atoms with Crippen molar-refractivity contribution in [1.82, 2.24) is 0 Å². The molecule has 0 saturated carbocycles. The summed E-state index contributed by atoms with van der Waals surface area (Å²) in [6.07, 6.45) is 4.73. The van der Waals surface area contributed by atoms with Gasteiger partial charge in [-0.2, -0.15) is 8.42 Å². The lowest BCUT2D eigenvalue weighted by Gasteiger charge is -2.23. The van der Waals surface area contributed by atoms with Crippen molar-refractivity contribution in [2.75, 3.05) is 5.01 Å². The number of halogens is 1. The molecule has 1 aliphatic heterocycles. The Balaban J connectivity index is 2.21. The highest BCUT2D eigenvalue weighted by molar-refractivity contribution is 7.92. The van der Waals surface area contributed by atoms with Crippen molar-refractivity contribution in [1.29, 1.82) is 0 Å². The number of hydrogen-bond acceptors (Lipinski definition) is 5. The van der Waals surface area contributed by atoms with Gasteiger partial charge in [0.15, 0.2) is 4.21 Å². The molecule has 2 rings (SSSR count). The van der Waals surface area contributed by atoms with E-state index in [2.05, 4.69) is 11.3 Å². The molecule has 19 heavy (non-hydrogen) atoms. The second-order valence-corrected chi connectivity index (χ2v) is 7.87. The third kappa shape index (κ3) is 3.10. The summed E-state index contributed by atoms with van der Waals surface area (Å²) in [4.78, 5) is 0. The van der Waals surface area contributed by atoms with E-state index in [0.29, 0.717) is 22.3 Å². The van der Waals surface area contributed by atoms with Crippen LogP contribution in [0.2, 0.25) is 4.34 Å². The van der Waals surface area contributed by atoms with Gasteiger partial charge in [-0.15, -0.1) is 15.7 Å². The largest absolute Gasteiger partial charge is 0.295 e. The summed E-state index contributed by atoms with van der Waals surface area (Å²) in [5.74, 6) is 6.31. The molecule has 5 nitrogen and oxygen atoms in total. The molecule has 0 amide bonds. The van der Waals surface area contributed by atoms with Gasteiger partial charge in [0.2, 0.25) is 0 Å². The van der Waals surface area contributed by atoms with Crippen LogP contribution in [-0.2, 0) is 10.0 Å². The summed E-state index contributed by atoms with van der Waals surface area (Å²) >= 11 is 6.84. The second kappa shape index (κ2) is 5.78. The topological polar surface area (TPSA) is 75.8 Å². The van der Waals surface area contributed by atoms with Crippen LogP contribution in [-0.4, -0.2) is 14.3 Å². The van der Waals surface area contributed by atoms with E-state index in [1.54, 1.807) is 6.07 Å². The predicted octanol–water partition coefficient (Wildman–Crippen LogP) is 3.15. The van der Waals surface area contributed by atoms with Gasteiger partial charge in [-0.3, -0.25) is 5.01 Å². The minimum atomic E-state index is -3.65. The molecule has 0 radical (unpaired) electrons. The van der Waals surface area contributed by atoms with Gasteiger partial charge in [-0.1, -0.05) is 37.8 Å². The lowest BCUT2D eigenvalue weighted by molar-refractivity contribution is 0.598. The Morgan fingerprint density at radius 1 is 1.42 bits per heavy atom. The Morgan fingerprint density at radius 2 is 2.16 bits per heavy atom. The van der Waals surface area contributed by atoms with E-state index in [1.807, 2.05) is 0 Å². The Hall–Kier alpha value is -0.630. The first-order chi connectivity index (χ1) is 8.95. The molecule has 1 aromatic rings. The third-order valence-corrected chi connectivity index (χ3v) is 5.96. The number of hydrazine groups is 1. The van der Waals surface area contributed by atoms with E-state index >= 15 is 0 Å². The van der Waals surface area contributed by atoms with Gasteiger partial charge in [0.25, 0.3) is 10.0 Å². The molecule has 1 aromatic heterocycles. The number of fused-ring (bicyclic) bond motifs is 1. The summed E-state index contributed by atoms with van der Waals surface area (Å²) in [7, 11) is -3.65. The van der Waals surface area contributed by atoms with E-state index in [9.17, 15) is 8.42 Å². The van der Waals surface area contributed by atoms with Crippen LogP contribution in [0.4, 0.5) is 5.69 Å². The van der Waals surface area contributed by atoms with Crippen LogP contribution >= 0.6 is 22.9 Å². The lowest BCUT2D eigenvalue weighted by atomic mass is 10.1. The Morgan fingerprint density at radius 3 is 2.84 bits per heavy atom. The van der Waals surface area contributed by atoms with Crippen molar-refractivity contribution in [3.05, 3.63) is 10.4 Å². The SMILES string of the molecule is CCCCCCC1=NS(=O)(=O)c2sc(Cl)cc2N1N. The smallest absolute Gasteiger partial charge is 0.263 e. The number of thiophene rings is 1. The highest BCUT2D eigenvalue weighted by Gasteiger charge is 2.31. The van der Waals surface area contributed by atoms with Crippen LogP contribution < -0.4 is 10.9 Å². The molecule has 0 aromatic carbocycles. The fraction of sp³-hybridized carbons (Fsp3) is 0.545. The maximum atomic E-state index is 12.0. The molecule has 8 heteroatoms. The number of unbranched alkanes of at least 4 members (excludes halogenated alkanes) is 3. The molecule has 0 spiro atoms. The number of nitrogens with two attached hydrogens (primary N) is 1. The minimum Gasteiger partial charge on any atom is -0.263 e.